The van der Waals surface area contributed by atoms with Crippen LogP contribution in [0.1, 0.15) is 53.1 Å². The number of allylic oxidation sites excluding steroid dienone is 3. The van der Waals surface area contributed by atoms with E-state index in [1.54, 1.807) is 18.2 Å². The number of carboxylic acid groups (broad SMARTS) is 1. The van der Waals surface area contributed by atoms with Crippen molar-refractivity contribution in [3.63, 3.8) is 0 Å². The van der Waals surface area contributed by atoms with Crippen molar-refractivity contribution in [2.45, 2.75) is 43.7 Å². The number of rotatable bonds is 6. The van der Waals surface area contributed by atoms with Crippen LogP contribution in [0, 0.1) is 0 Å². The fourth-order valence-electron chi connectivity index (χ4n) is 4.67. The van der Waals surface area contributed by atoms with E-state index >= 15 is 0 Å². The second kappa shape index (κ2) is 10.5. The molecule has 34 heavy (non-hydrogen) atoms. The third-order valence-electron chi connectivity index (χ3n) is 6.31. The monoisotopic (exact) mass is 496 g/mol. The molecule has 0 aliphatic heterocycles. The summed E-state index contributed by atoms with van der Waals surface area (Å²) in [6.07, 6.45) is 14.3. The maximum atomic E-state index is 13.2. The number of hydrogen-bond donors (Lipinski definition) is 3. The van der Waals surface area contributed by atoms with Gasteiger partial charge in [0, 0.05) is 22.5 Å². The molecule has 2 unspecified atom stereocenters. The first-order chi connectivity index (χ1) is 16.4. The summed E-state index contributed by atoms with van der Waals surface area (Å²) in [4.78, 5) is 24.2. The van der Waals surface area contributed by atoms with E-state index in [9.17, 15) is 9.59 Å². The van der Waals surface area contributed by atoms with Crippen molar-refractivity contribution in [3.8, 4) is 0 Å². The minimum absolute atomic E-state index is 0.182. The second-order valence-corrected chi connectivity index (χ2v) is 9.45. The van der Waals surface area contributed by atoms with Crippen LogP contribution >= 0.6 is 23.2 Å². The van der Waals surface area contributed by atoms with Crippen LogP contribution < -0.4 is 10.6 Å². The Kier molecular flexibility index (Phi) is 7.44. The Morgan fingerprint density at radius 2 is 1.76 bits per heavy atom. The molecule has 2 atom stereocenters. The number of aromatic carboxylic acids is 1. The first-order valence-electron chi connectivity index (χ1n) is 11.3. The standard InChI is InChI=1S/C27H26Cl2N2O3/c28-22-14-20(15-23(29)16-22)24-8-4-5-13-27(24,21-6-2-1-3-7-21)31-26(34)30-17-18-9-11-19(12-10-18)25(32)33/h4-6,8-16,24H,1-3,7,17H2,(H,32,33)(H2,30,31,34). The lowest BCUT2D eigenvalue weighted by molar-refractivity contribution is 0.0697. The van der Waals surface area contributed by atoms with Gasteiger partial charge in [-0.05, 0) is 72.7 Å². The van der Waals surface area contributed by atoms with Crippen LogP contribution in [0.2, 0.25) is 10.0 Å². The molecule has 2 amide bonds. The number of benzene rings is 2. The molecule has 176 valence electrons. The molecule has 0 aromatic heterocycles. The van der Waals surface area contributed by atoms with Gasteiger partial charge in [0.2, 0.25) is 0 Å². The minimum Gasteiger partial charge on any atom is -0.478 e. The summed E-state index contributed by atoms with van der Waals surface area (Å²) in [6, 6.07) is 11.6. The minimum atomic E-state index is -0.982. The highest BCUT2D eigenvalue weighted by molar-refractivity contribution is 6.34. The van der Waals surface area contributed by atoms with Crippen molar-refractivity contribution in [1.82, 2.24) is 10.6 Å². The van der Waals surface area contributed by atoms with Gasteiger partial charge in [0.15, 0.2) is 0 Å². The fraction of sp³-hybridized carbons (Fsp3) is 0.259. The summed E-state index contributed by atoms with van der Waals surface area (Å²) >= 11 is 12.6. The number of carbonyl (C=O) groups is 2. The molecule has 5 nitrogen and oxygen atoms in total. The molecule has 0 bridgehead atoms. The summed E-state index contributed by atoms with van der Waals surface area (Å²) in [5.74, 6) is -1.16. The normalized spacial score (nSPS) is 21.6. The SMILES string of the molecule is O=C(NCc1ccc(C(=O)O)cc1)NC1(C2=CCCCC2)C=CC=CC1c1cc(Cl)cc(Cl)c1. The number of hydrogen-bond acceptors (Lipinski definition) is 2. The van der Waals surface area contributed by atoms with Crippen molar-refractivity contribution in [2.75, 3.05) is 0 Å². The van der Waals surface area contributed by atoms with Gasteiger partial charge < -0.3 is 15.7 Å². The lowest BCUT2D eigenvalue weighted by atomic mass is 9.69. The average Bonchev–Trinajstić information content (AvgIpc) is 2.83. The zero-order valence-corrected chi connectivity index (χ0v) is 20.1. The van der Waals surface area contributed by atoms with E-state index in [2.05, 4.69) is 22.8 Å². The summed E-state index contributed by atoms with van der Waals surface area (Å²) in [6.45, 7) is 0.272. The highest BCUT2D eigenvalue weighted by atomic mass is 35.5. The van der Waals surface area contributed by atoms with Crippen molar-refractivity contribution in [2.24, 2.45) is 0 Å². The summed E-state index contributed by atoms with van der Waals surface area (Å²) in [5.41, 5.74) is 2.36. The van der Waals surface area contributed by atoms with Crippen LogP contribution in [0.5, 0.6) is 0 Å². The Morgan fingerprint density at radius 3 is 2.41 bits per heavy atom. The number of carbonyl (C=O) groups excluding carboxylic acids is 1. The third-order valence-corrected chi connectivity index (χ3v) is 6.74. The topological polar surface area (TPSA) is 78.4 Å². The molecule has 3 N–H and O–H groups in total. The van der Waals surface area contributed by atoms with Crippen LogP contribution in [0.4, 0.5) is 4.79 Å². The van der Waals surface area contributed by atoms with Gasteiger partial charge in [-0.25, -0.2) is 9.59 Å². The number of urea groups is 1. The molecule has 0 radical (unpaired) electrons. The van der Waals surface area contributed by atoms with Crippen molar-refractivity contribution in [1.29, 1.82) is 0 Å². The molecule has 0 heterocycles. The van der Waals surface area contributed by atoms with Gasteiger partial charge in [0.1, 0.15) is 0 Å². The Labute approximate surface area is 209 Å². The fourth-order valence-corrected chi connectivity index (χ4v) is 5.21. The highest BCUT2D eigenvalue weighted by Gasteiger charge is 2.42. The van der Waals surface area contributed by atoms with E-state index in [0.29, 0.717) is 10.0 Å². The van der Waals surface area contributed by atoms with Crippen molar-refractivity contribution >= 4 is 35.2 Å². The predicted octanol–water partition coefficient (Wildman–Crippen LogP) is 6.64. The van der Waals surface area contributed by atoms with E-state index in [1.807, 2.05) is 30.4 Å². The molecule has 2 aromatic carbocycles. The molecular formula is C27H26Cl2N2O3. The van der Waals surface area contributed by atoms with E-state index in [0.717, 1.165) is 36.8 Å². The van der Waals surface area contributed by atoms with Gasteiger partial charge in [0.05, 0.1) is 11.1 Å². The molecule has 2 aliphatic rings. The quantitative estimate of drug-likeness (QED) is 0.392. The van der Waals surface area contributed by atoms with Gasteiger partial charge in [-0.1, -0.05) is 65.7 Å². The predicted molar refractivity (Wildman–Crippen MR) is 136 cm³/mol. The Hall–Kier alpha value is -3.02. The molecule has 0 fully saturated rings. The third kappa shape index (κ3) is 5.37. The zero-order chi connectivity index (χ0) is 24.1. The maximum absolute atomic E-state index is 13.2. The second-order valence-electron chi connectivity index (χ2n) is 8.58. The van der Waals surface area contributed by atoms with Crippen LogP contribution in [0.3, 0.4) is 0 Å². The van der Waals surface area contributed by atoms with E-state index < -0.39 is 11.5 Å². The number of amides is 2. The van der Waals surface area contributed by atoms with Gasteiger partial charge in [-0.15, -0.1) is 0 Å². The Bertz CT molecular complexity index is 1150. The molecule has 7 heteroatoms. The lowest BCUT2D eigenvalue weighted by Crippen LogP contribution is -2.56. The van der Waals surface area contributed by atoms with Crippen LogP contribution in [-0.4, -0.2) is 22.6 Å². The van der Waals surface area contributed by atoms with Crippen molar-refractivity contribution < 1.29 is 14.7 Å². The highest BCUT2D eigenvalue weighted by Crippen LogP contribution is 2.43. The average molecular weight is 497 g/mol. The van der Waals surface area contributed by atoms with E-state index in [4.69, 9.17) is 28.3 Å². The molecule has 0 saturated heterocycles. The van der Waals surface area contributed by atoms with Gasteiger partial charge in [-0.3, -0.25) is 0 Å². The smallest absolute Gasteiger partial charge is 0.335 e. The molecular weight excluding hydrogens is 471 g/mol. The molecule has 2 aliphatic carbocycles. The molecule has 2 aromatic rings. The van der Waals surface area contributed by atoms with Crippen LogP contribution in [-0.2, 0) is 6.54 Å². The number of halogens is 2. The number of carboxylic acids is 1. The molecule has 0 spiro atoms. The first-order valence-corrected chi connectivity index (χ1v) is 12.0. The molecule has 0 saturated carbocycles. The van der Waals surface area contributed by atoms with Gasteiger partial charge >= 0.3 is 12.0 Å². The molecule has 4 rings (SSSR count). The van der Waals surface area contributed by atoms with Crippen LogP contribution in [0.15, 0.2) is 78.4 Å². The first kappa shape index (κ1) is 24.1. The zero-order valence-electron chi connectivity index (χ0n) is 18.6. The Balaban J connectivity index is 1.60. The largest absolute Gasteiger partial charge is 0.478 e. The van der Waals surface area contributed by atoms with Gasteiger partial charge in [-0.2, -0.15) is 0 Å². The lowest BCUT2D eigenvalue weighted by Gasteiger charge is -2.43. The van der Waals surface area contributed by atoms with E-state index in [1.165, 1.54) is 17.7 Å². The Morgan fingerprint density at radius 1 is 1.03 bits per heavy atom. The number of nitrogens with one attached hydrogen (secondary N) is 2. The van der Waals surface area contributed by atoms with Gasteiger partial charge in [0.25, 0.3) is 0 Å². The van der Waals surface area contributed by atoms with Crippen molar-refractivity contribution in [3.05, 3.63) is 105 Å². The summed E-state index contributed by atoms with van der Waals surface area (Å²) in [5, 5.41) is 16.3. The van der Waals surface area contributed by atoms with E-state index in [-0.39, 0.29) is 24.1 Å². The summed E-state index contributed by atoms with van der Waals surface area (Å²) in [7, 11) is 0. The summed E-state index contributed by atoms with van der Waals surface area (Å²) < 4.78 is 0. The van der Waals surface area contributed by atoms with Crippen LogP contribution in [0.25, 0.3) is 0 Å². The maximum Gasteiger partial charge on any atom is 0.335 e.